The maximum absolute atomic E-state index is 9.18. The average Bonchev–Trinajstić information content (AvgIpc) is 2.95. The van der Waals surface area contributed by atoms with Gasteiger partial charge in [0.1, 0.15) is 16.5 Å². The maximum atomic E-state index is 9.18. The van der Waals surface area contributed by atoms with E-state index in [1.54, 1.807) is 11.3 Å². The first kappa shape index (κ1) is 13.7. The molecular formula is C13H18N4O2S. The first-order chi connectivity index (χ1) is 9.80. The Labute approximate surface area is 121 Å². The average molecular weight is 294 g/mol. The zero-order chi connectivity index (χ0) is 13.9. The van der Waals surface area contributed by atoms with E-state index in [1.165, 1.54) is 0 Å². The Morgan fingerprint density at radius 3 is 3.25 bits per heavy atom. The van der Waals surface area contributed by atoms with Crippen LogP contribution in [0.4, 0.5) is 5.82 Å². The van der Waals surface area contributed by atoms with E-state index in [9.17, 15) is 5.11 Å². The molecule has 2 aromatic heterocycles. The van der Waals surface area contributed by atoms with Gasteiger partial charge in [-0.15, -0.1) is 11.3 Å². The van der Waals surface area contributed by atoms with Gasteiger partial charge in [-0.2, -0.15) is 0 Å². The maximum Gasteiger partial charge on any atom is 0.146 e. The van der Waals surface area contributed by atoms with Crippen LogP contribution in [-0.4, -0.2) is 59.4 Å². The number of rotatable bonds is 4. The minimum absolute atomic E-state index is 0.0586. The fraction of sp³-hybridized carbons (Fsp3) is 0.538. The van der Waals surface area contributed by atoms with Gasteiger partial charge in [0.25, 0.3) is 0 Å². The number of fused-ring (bicyclic) bond motifs is 1. The van der Waals surface area contributed by atoms with Crippen LogP contribution in [0.25, 0.3) is 10.2 Å². The van der Waals surface area contributed by atoms with Gasteiger partial charge < -0.3 is 15.2 Å². The van der Waals surface area contributed by atoms with E-state index in [1.807, 2.05) is 18.5 Å². The van der Waals surface area contributed by atoms with Gasteiger partial charge in [0.05, 0.1) is 31.2 Å². The number of nitrogens with zero attached hydrogens (tertiary/aromatic N) is 3. The summed E-state index contributed by atoms with van der Waals surface area (Å²) in [6, 6.07) is 2.03. The van der Waals surface area contributed by atoms with E-state index in [4.69, 9.17) is 4.74 Å². The van der Waals surface area contributed by atoms with E-state index in [-0.39, 0.29) is 12.7 Å². The third-order valence-electron chi connectivity index (χ3n) is 3.40. The molecule has 1 saturated heterocycles. The molecule has 7 heteroatoms. The molecule has 0 bridgehead atoms. The van der Waals surface area contributed by atoms with Crippen molar-refractivity contribution in [3.8, 4) is 0 Å². The van der Waals surface area contributed by atoms with Gasteiger partial charge in [0, 0.05) is 20.1 Å². The predicted molar refractivity (Wildman–Crippen MR) is 79.1 cm³/mol. The summed E-state index contributed by atoms with van der Waals surface area (Å²) in [5, 5.41) is 15.4. The number of hydrogen-bond donors (Lipinski definition) is 2. The molecule has 2 N–H and O–H groups in total. The number of morpholine rings is 1. The molecule has 0 radical (unpaired) electrons. The highest BCUT2D eigenvalue weighted by Crippen LogP contribution is 2.25. The van der Waals surface area contributed by atoms with Crippen molar-refractivity contribution < 1.29 is 9.84 Å². The Morgan fingerprint density at radius 1 is 1.55 bits per heavy atom. The van der Waals surface area contributed by atoms with Gasteiger partial charge in [0.2, 0.25) is 0 Å². The third kappa shape index (κ3) is 2.76. The van der Waals surface area contributed by atoms with E-state index >= 15 is 0 Å². The van der Waals surface area contributed by atoms with E-state index in [0.29, 0.717) is 13.2 Å². The normalized spacial score (nSPS) is 20.4. The molecule has 1 unspecified atom stereocenters. The second kappa shape index (κ2) is 6.01. The molecule has 1 aliphatic rings. The SMILES string of the molecule is CNc1nc(CN2CCOC(CO)C2)nc2sccc12. The lowest BCUT2D eigenvalue weighted by molar-refractivity contribution is -0.0556. The lowest BCUT2D eigenvalue weighted by Gasteiger charge is -2.31. The van der Waals surface area contributed by atoms with Gasteiger partial charge in [-0.1, -0.05) is 0 Å². The van der Waals surface area contributed by atoms with Crippen molar-refractivity contribution in [2.75, 3.05) is 38.7 Å². The predicted octanol–water partition coefficient (Wildman–Crippen LogP) is 0.926. The summed E-state index contributed by atoms with van der Waals surface area (Å²) in [5.41, 5.74) is 0. The fourth-order valence-corrected chi connectivity index (χ4v) is 3.18. The molecule has 1 fully saturated rings. The van der Waals surface area contributed by atoms with Crippen LogP contribution in [-0.2, 0) is 11.3 Å². The summed E-state index contributed by atoms with van der Waals surface area (Å²) in [4.78, 5) is 12.4. The highest BCUT2D eigenvalue weighted by molar-refractivity contribution is 7.16. The van der Waals surface area contributed by atoms with Crippen molar-refractivity contribution in [1.82, 2.24) is 14.9 Å². The van der Waals surface area contributed by atoms with Gasteiger partial charge in [-0.25, -0.2) is 9.97 Å². The molecule has 0 aromatic carbocycles. The van der Waals surface area contributed by atoms with Crippen LogP contribution in [0.3, 0.4) is 0 Å². The number of aromatic nitrogens is 2. The molecule has 0 aliphatic carbocycles. The number of hydrogen-bond acceptors (Lipinski definition) is 7. The van der Waals surface area contributed by atoms with Crippen LogP contribution in [0, 0.1) is 0 Å². The minimum atomic E-state index is -0.0991. The van der Waals surface area contributed by atoms with Crippen LogP contribution in [0.15, 0.2) is 11.4 Å². The van der Waals surface area contributed by atoms with Crippen LogP contribution < -0.4 is 5.32 Å². The molecule has 1 atom stereocenters. The van der Waals surface area contributed by atoms with Gasteiger partial charge in [-0.05, 0) is 11.4 Å². The quantitative estimate of drug-likeness (QED) is 0.874. The summed E-state index contributed by atoms with van der Waals surface area (Å²) in [7, 11) is 1.87. The second-order valence-corrected chi connectivity index (χ2v) is 5.68. The number of thiophene rings is 1. The monoisotopic (exact) mass is 294 g/mol. The molecule has 0 amide bonds. The lowest BCUT2D eigenvalue weighted by Crippen LogP contribution is -2.43. The first-order valence-electron chi connectivity index (χ1n) is 6.67. The van der Waals surface area contributed by atoms with Crippen LogP contribution in [0.5, 0.6) is 0 Å². The van der Waals surface area contributed by atoms with E-state index in [0.717, 1.165) is 34.9 Å². The summed E-state index contributed by atoms with van der Waals surface area (Å²) >= 11 is 1.62. The Morgan fingerprint density at radius 2 is 2.45 bits per heavy atom. The van der Waals surface area contributed by atoms with Crippen molar-refractivity contribution in [3.05, 3.63) is 17.3 Å². The molecule has 0 saturated carbocycles. The van der Waals surface area contributed by atoms with Crippen LogP contribution in [0.2, 0.25) is 0 Å². The molecule has 6 nitrogen and oxygen atoms in total. The lowest BCUT2D eigenvalue weighted by atomic mass is 10.3. The van der Waals surface area contributed by atoms with Crippen molar-refractivity contribution in [3.63, 3.8) is 0 Å². The molecule has 2 aromatic rings. The highest BCUT2D eigenvalue weighted by Gasteiger charge is 2.21. The topological polar surface area (TPSA) is 70.5 Å². The highest BCUT2D eigenvalue weighted by atomic mass is 32.1. The van der Waals surface area contributed by atoms with Gasteiger partial charge in [-0.3, -0.25) is 4.90 Å². The molecular weight excluding hydrogens is 276 g/mol. The van der Waals surface area contributed by atoms with Gasteiger partial charge in [0.15, 0.2) is 0 Å². The summed E-state index contributed by atoms with van der Waals surface area (Å²) in [5.74, 6) is 1.68. The smallest absolute Gasteiger partial charge is 0.146 e. The van der Waals surface area contributed by atoms with Gasteiger partial charge >= 0.3 is 0 Å². The molecule has 3 rings (SSSR count). The van der Waals surface area contributed by atoms with Crippen LogP contribution in [0.1, 0.15) is 5.82 Å². The second-order valence-electron chi connectivity index (χ2n) is 4.79. The van der Waals surface area contributed by atoms with E-state index < -0.39 is 0 Å². The minimum Gasteiger partial charge on any atom is -0.394 e. The molecule has 1 aliphatic heterocycles. The molecule has 3 heterocycles. The van der Waals surface area contributed by atoms with Crippen molar-refractivity contribution in [2.24, 2.45) is 0 Å². The first-order valence-corrected chi connectivity index (χ1v) is 7.55. The number of nitrogens with one attached hydrogen (secondary N) is 1. The Hall–Kier alpha value is -1.28. The number of aliphatic hydroxyl groups excluding tert-OH is 1. The standard InChI is InChI=1S/C13H18N4O2S/c1-14-12-10-2-5-20-13(10)16-11(15-12)7-17-3-4-19-9(6-17)8-18/h2,5,9,18H,3-4,6-8H2,1H3,(H,14,15,16). The zero-order valence-electron chi connectivity index (χ0n) is 11.4. The molecule has 20 heavy (non-hydrogen) atoms. The summed E-state index contributed by atoms with van der Waals surface area (Å²) < 4.78 is 5.46. The van der Waals surface area contributed by atoms with Crippen molar-refractivity contribution in [2.45, 2.75) is 12.6 Å². The Balaban J connectivity index is 1.79. The van der Waals surface area contributed by atoms with Crippen molar-refractivity contribution >= 4 is 27.4 Å². The molecule has 108 valence electrons. The Kier molecular flexibility index (Phi) is 4.11. The fourth-order valence-electron chi connectivity index (χ4n) is 2.40. The largest absolute Gasteiger partial charge is 0.394 e. The zero-order valence-corrected chi connectivity index (χ0v) is 12.2. The van der Waals surface area contributed by atoms with Crippen molar-refractivity contribution in [1.29, 1.82) is 0 Å². The number of aliphatic hydroxyl groups is 1. The van der Waals surface area contributed by atoms with E-state index in [2.05, 4.69) is 20.2 Å². The van der Waals surface area contributed by atoms with Crippen LogP contribution >= 0.6 is 11.3 Å². The molecule has 0 spiro atoms. The summed E-state index contributed by atoms with van der Waals surface area (Å²) in [6.07, 6.45) is -0.0991. The third-order valence-corrected chi connectivity index (χ3v) is 4.21. The number of ether oxygens (including phenoxy) is 1. The number of anilines is 1. The Bertz CT molecular complexity index is 589. The summed E-state index contributed by atoms with van der Waals surface area (Å²) in [6.45, 7) is 2.95.